The summed E-state index contributed by atoms with van der Waals surface area (Å²) in [6.45, 7) is 2.09. The highest BCUT2D eigenvalue weighted by molar-refractivity contribution is 5.25. The summed E-state index contributed by atoms with van der Waals surface area (Å²) in [4.78, 5) is 7.92. The second-order valence-electron chi connectivity index (χ2n) is 2.76. The Balaban J connectivity index is 2.57. The van der Waals surface area contributed by atoms with Gasteiger partial charge < -0.3 is 5.73 Å². The molecule has 1 atom stereocenters. The molecular weight excluding hydrogens is 162 g/mol. The molecule has 0 aliphatic carbocycles. The molecule has 0 aliphatic rings. The van der Waals surface area contributed by atoms with Crippen LogP contribution in [0.4, 0.5) is 0 Å². The van der Waals surface area contributed by atoms with Crippen molar-refractivity contribution in [2.45, 2.75) is 25.8 Å². The minimum absolute atomic E-state index is 0.0491. The predicted octanol–water partition coefficient (Wildman–Crippen LogP) is 0.956. The van der Waals surface area contributed by atoms with E-state index in [1.165, 1.54) is 0 Å². The van der Waals surface area contributed by atoms with Crippen molar-refractivity contribution >= 4 is 0 Å². The summed E-state index contributed by atoms with van der Waals surface area (Å²) in [5.74, 6) is 5.81. The highest BCUT2D eigenvalue weighted by Crippen LogP contribution is 1.92. The molecule has 0 bridgehead atoms. The van der Waals surface area contributed by atoms with E-state index in [0.29, 0.717) is 5.69 Å². The smallest absolute Gasteiger partial charge is 0.131 e. The van der Waals surface area contributed by atoms with Crippen LogP contribution in [0.3, 0.4) is 0 Å². The Morgan fingerprint density at radius 2 is 2.38 bits per heavy atom. The van der Waals surface area contributed by atoms with Crippen LogP contribution >= 0.6 is 0 Å². The standard InChI is InChI=1S/C10H13N3/c1-2-3-9(11)4-5-10-8-12-6-7-13-10/h6-9H,2-3,11H2,1H3. The fourth-order valence-corrected chi connectivity index (χ4v) is 0.913. The van der Waals surface area contributed by atoms with Gasteiger partial charge in [0.1, 0.15) is 5.69 Å². The molecule has 0 aromatic carbocycles. The summed E-state index contributed by atoms with van der Waals surface area (Å²) >= 11 is 0. The Kier molecular flexibility index (Phi) is 3.94. The molecule has 3 heteroatoms. The van der Waals surface area contributed by atoms with Crippen molar-refractivity contribution < 1.29 is 0 Å². The van der Waals surface area contributed by atoms with Gasteiger partial charge in [-0.15, -0.1) is 0 Å². The normalized spacial score (nSPS) is 11.5. The van der Waals surface area contributed by atoms with E-state index in [9.17, 15) is 0 Å². The number of hydrogen-bond acceptors (Lipinski definition) is 3. The van der Waals surface area contributed by atoms with Crippen molar-refractivity contribution in [3.63, 3.8) is 0 Å². The highest BCUT2D eigenvalue weighted by atomic mass is 14.7. The van der Waals surface area contributed by atoms with E-state index in [4.69, 9.17) is 5.73 Å². The third kappa shape index (κ3) is 3.68. The van der Waals surface area contributed by atoms with Gasteiger partial charge in [0.05, 0.1) is 12.2 Å². The molecule has 0 spiro atoms. The number of aromatic nitrogens is 2. The van der Waals surface area contributed by atoms with Gasteiger partial charge in [-0.1, -0.05) is 19.3 Å². The predicted molar refractivity (Wildman–Crippen MR) is 51.8 cm³/mol. The zero-order valence-electron chi connectivity index (χ0n) is 7.70. The first kappa shape index (κ1) is 9.69. The molecule has 0 saturated heterocycles. The van der Waals surface area contributed by atoms with Gasteiger partial charge in [-0.2, -0.15) is 0 Å². The lowest BCUT2D eigenvalue weighted by molar-refractivity contribution is 0.720. The number of rotatable bonds is 2. The van der Waals surface area contributed by atoms with Crippen LogP contribution in [0, 0.1) is 11.8 Å². The summed E-state index contributed by atoms with van der Waals surface area (Å²) in [7, 11) is 0. The first-order chi connectivity index (χ1) is 6.33. The van der Waals surface area contributed by atoms with Gasteiger partial charge in [0.25, 0.3) is 0 Å². The summed E-state index contributed by atoms with van der Waals surface area (Å²) in [6.07, 6.45) is 6.85. The van der Waals surface area contributed by atoms with Crippen molar-refractivity contribution in [1.29, 1.82) is 0 Å². The molecule has 2 N–H and O–H groups in total. The maximum Gasteiger partial charge on any atom is 0.131 e. The van der Waals surface area contributed by atoms with Crippen LogP contribution in [0.2, 0.25) is 0 Å². The molecule has 0 radical (unpaired) electrons. The molecule has 1 aromatic rings. The van der Waals surface area contributed by atoms with Crippen LogP contribution in [-0.4, -0.2) is 16.0 Å². The van der Waals surface area contributed by atoms with Crippen LogP contribution in [-0.2, 0) is 0 Å². The lowest BCUT2D eigenvalue weighted by atomic mass is 10.2. The molecular formula is C10H13N3. The van der Waals surface area contributed by atoms with Crippen molar-refractivity contribution in [3.05, 3.63) is 24.3 Å². The second kappa shape index (κ2) is 5.28. The third-order valence-electron chi connectivity index (χ3n) is 1.55. The lowest BCUT2D eigenvalue weighted by Gasteiger charge is -1.98. The fourth-order valence-electron chi connectivity index (χ4n) is 0.913. The van der Waals surface area contributed by atoms with Crippen molar-refractivity contribution in [3.8, 4) is 11.8 Å². The molecule has 0 fully saturated rings. The third-order valence-corrected chi connectivity index (χ3v) is 1.55. The van der Waals surface area contributed by atoms with Crippen LogP contribution in [0.15, 0.2) is 18.6 Å². The molecule has 13 heavy (non-hydrogen) atoms. The summed E-state index contributed by atoms with van der Waals surface area (Å²) in [6, 6.07) is -0.0491. The highest BCUT2D eigenvalue weighted by Gasteiger charge is 1.93. The van der Waals surface area contributed by atoms with Gasteiger partial charge >= 0.3 is 0 Å². The van der Waals surface area contributed by atoms with Gasteiger partial charge in [-0.05, 0) is 12.3 Å². The zero-order chi connectivity index (χ0) is 9.52. The molecule has 0 aliphatic heterocycles. The molecule has 3 nitrogen and oxygen atoms in total. The fraction of sp³-hybridized carbons (Fsp3) is 0.400. The monoisotopic (exact) mass is 175 g/mol. The Labute approximate surface area is 78.4 Å². The summed E-state index contributed by atoms with van der Waals surface area (Å²) < 4.78 is 0. The number of nitrogens with zero attached hydrogens (tertiary/aromatic N) is 2. The van der Waals surface area contributed by atoms with E-state index in [1.54, 1.807) is 18.6 Å². The van der Waals surface area contributed by atoms with E-state index >= 15 is 0 Å². The Bertz CT molecular complexity index is 297. The molecule has 1 rings (SSSR count). The topological polar surface area (TPSA) is 51.8 Å². The Morgan fingerprint density at radius 3 is 3.00 bits per heavy atom. The van der Waals surface area contributed by atoms with Crippen LogP contribution in [0.1, 0.15) is 25.5 Å². The number of nitrogens with two attached hydrogens (primary N) is 1. The van der Waals surface area contributed by atoms with E-state index in [-0.39, 0.29) is 6.04 Å². The first-order valence-electron chi connectivity index (χ1n) is 4.36. The minimum atomic E-state index is -0.0491. The van der Waals surface area contributed by atoms with Crippen molar-refractivity contribution in [1.82, 2.24) is 9.97 Å². The lowest BCUT2D eigenvalue weighted by Crippen LogP contribution is -2.16. The molecule has 68 valence electrons. The van der Waals surface area contributed by atoms with Gasteiger partial charge in [0.15, 0.2) is 0 Å². The molecule has 0 saturated carbocycles. The van der Waals surface area contributed by atoms with Gasteiger partial charge in [-0.25, -0.2) is 4.98 Å². The average molecular weight is 175 g/mol. The maximum atomic E-state index is 5.71. The van der Waals surface area contributed by atoms with E-state index in [0.717, 1.165) is 12.8 Å². The van der Waals surface area contributed by atoms with Gasteiger partial charge in [0.2, 0.25) is 0 Å². The average Bonchev–Trinajstić information content (AvgIpc) is 2.17. The first-order valence-corrected chi connectivity index (χ1v) is 4.36. The molecule has 1 aromatic heterocycles. The van der Waals surface area contributed by atoms with Crippen LogP contribution in [0.25, 0.3) is 0 Å². The molecule has 0 amide bonds. The second-order valence-corrected chi connectivity index (χ2v) is 2.76. The van der Waals surface area contributed by atoms with Crippen molar-refractivity contribution in [2.75, 3.05) is 0 Å². The Morgan fingerprint density at radius 1 is 1.54 bits per heavy atom. The SMILES string of the molecule is CCCC(N)C#Cc1cnccn1. The van der Waals surface area contributed by atoms with E-state index in [2.05, 4.69) is 28.7 Å². The van der Waals surface area contributed by atoms with Gasteiger partial charge in [0, 0.05) is 12.4 Å². The summed E-state index contributed by atoms with van der Waals surface area (Å²) in [5, 5.41) is 0. The molecule has 1 heterocycles. The maximum absolute atomic E-state index is 5.71. The van der Waals surface area contributed by atoms with E-state index in [1.807, 2.05) is 0 Å². The quantitative estimate of drug-likeness (QED) is 0.681. The van der Waals surface area contributed by atoms with Crippen LogP contribution in [0.5, 0.6) is 0 Å². The van der Waals surface area contributed by atoms with Crippen LogP contribution < -0.4 is 5.73 Å². The summed E-state index contributed by atoms with van der Waals surface area (Å²) in [5.41, 5.74) is 6.39. The minimum Gasteiger partial charge on any atom is -0.318 e. The number of hydrogen-bond donors (Lipinski definition) is 1. The van der Waals surface area contributed by atoms with Crippen molar-refractivity contribution in [2.24, 2.45) is 5.73 Å². The molecule has 1 unspecified atom stereocenters. The van der Waals surface area contributed by atoms with E-state index < -0.39 is 0 Å². The largest absolute Gasteiger partial charge is 0.318 e. The Hall–Kier alpha value is -1.40. The zero-order valence-corrected chi connectivity index (χ0v) is 7.70. The van der Waals surface area contributed by atoms with Gasteiger partial charge in [-0.3, -0.25) is 4.98 Å².